The van der Waals surface area contributed by atoms with Crippen LogP contribution >= 0.6 is 0 Å². The summed E-state index contributed by atoms with van der Waals surface area (Å²) in [4.78, 5) is 23.0. The van der Waals surface area contributed by atoms with Gasteiger partial charge in [-0.15, -0.1) is 0 Å². The highest BCUT2D eigenvalue weighted by atomic mass is 16.6. The largest absolute Gasteiger partial charge is 0.494 e. The molecule has 8 heteroatoms. The number of aryl methyl sites for hydroxylation is 1. The lowest BCUT2D eigenvalue weighted by atomic mass is 10.2. The molecular weight excluding hydrogens is 300 g/mol. The average Bonchev–Trinajstić information content (AvgIpc) is 2.94. The third kappa shape index (κ3) is 3.65. The van der Waals surface area contributed by atoms with E-state index >= 15 is 0 Å². The van der Waals surface area contributed by atoms with E-state index in [2.05, 4.69) is 10.4 Å². The lowest BCUT2D eigenvalue weighted by molar-refractivity contribution is -0.384. The summed E-state index contributed by atoms with van der Waals surface area (Å²) in [6.45, 7) is 5.69. The molecule has 0 radical (unpaired) electrons. The van der Waals surface area contributed by atoms with Crippen molar-refractivity contribution in [1.29, 1.82) is 0 Å². The fourth-order valence-corrected chi connectivity index (χ4v) is 2.16. The number of anilines is 1. The minimum Gasteiger partial charge on any atom is -0.494 e. The molecule has 2 aromatic rings. The second-order valence-electron chi connectivity index (χ2n) is 4.95. The van der Waals surface area contributed by atoms with Crippen LogP contribution in [0.4, 0.5) is 11.4 Å². The van der Waals surface area contributed by atoms with Crippen molar-refractivity contribution in [2.24, 2.45) is 0 Å². The number of ether oxygens (including phenoxy) is 1. The molecule has 1 atom stereocenters. The first-order valence-electron chi connectivity index (χ1n) is 7.16. The highest BCUT2D eigenvalue weighted by Gasteiger charge is 2.22. The van der Waals surface area contributed by atoms with E-state index in [4.69, 9.17) is 4.74 Å². The summed E-state index contributed by atoms with van der Waals surface area (Å²) in [6, 6.07) is 5.53. The van der Waals surface area contributed by atoms with Crippen molar-refractivity contribution in [3.8, 4) is 5.75 Å². The maximum atomic E-state index is 12.3. The SMILES string of the molecule is CCOc1ccc(NC(=O)C(C)n2nccc2C)c([N+](=O)[O-])c1. The number of carbonyl (C=O) groups excluding carboxylic acids is 1. The average molecular weight is 318 g/mol. The lowest BCUT2D eigenvalue weighted by Crippen LogP contribution is -2.25. The van der Waals surface area contributed by atoms with Gasteiger partial charge in [-0.25, -0.2) is 0 Å². The smallest absolute Gasteiger partial charge is 0.296 e. The Balaban J connectivity index is 2.23. The number of carbonyl (C=O) groups is 1. The van der Waals surface area contributed by atoms with Gasteiger partial charge in [0.05, 0.1) is 17.6 Å². The predicted octanol–water partition coefficient (Wildman–Crippen LogP) is 2.70. The second kappa shape index (κ2) is 6.91. The summed E-state index contributed by atoms with van der Waals surface area (Å²) >= 11 is 0. The number of amides is 1. The first kappa shape index (κ1) is 16.5. The van der Waals surface area contributed by atoms with Crippen LogP contribution < -0.4 is 10.1 Å². The van der Waals surface area contributed by atoms with Crippen LogP contribution in [0.3, 0.4) is 0 Å². The van der Waals surface area contributed by atoms with Gasteiger partial charge in [-0.2, -0.15) is 5.10 Å². The topological polar surface area (TPSA) is 99.3 Å². The fourth-order valence-electron chi connectivity index (χ4n) is 2.16. The molecule has 0 fully saturated rings. The van der Waals surface area contributed by atoms with Crippen molar-refractivity contribution < 1.29 is 14.5 Å². The number of nitrogens with one attached hydrogen (secondary N) is 1. The molecular formula is C15H18N4O4. The van der Waals surface area contributed by atoms with Gasteiger partial charge in [0.25, 0.3) is 5.69 Å². The number of nitro groups is 1. The Morgan fingerprint density at radius 2 is 2.22 bits per heavy atom. The summed E-state index contributed by atoms with van der Waals surface area (Å²) in [5.41, 5.74) is 0.739. The Morgan fingerprint density at radius 3 is 2.78 bits per heavy atom. The molecule has 0 aliphatic carbocycles. The minimum absolute atomic E-state index is 0.125. The molecule has 0 saturated heterocycles. The fraction of sp³-hybridized carbons (Fsp3) is 0.333. The van der Waals surface area contributed by atoms with Crippen molar-refractivity contribution in [3.63, 3.8) is 0 Å². The second-order valence-corrected chi connectivity index (χ2v) is 4.95. The van der Waals surface area contributed by atoms with Gasteiger partial charge in [-0.3, -0.25) is 19.6 Å². The number of nitro benzene ring substituents is 1. The summed E-state index contributed by atoms with van der Waals surface area (Å²) in [6.07, 6.45) is 1.60. The molecule has 23 heavy (non-hydrogen) atoms. The van der Waals surface area contributed by atoms with Crippen LogP contribution in [0.2, 0.25) is 0 Å². The maximum Gasteiger partial charge on any atom is 0.296 e. The first-order chi connectivity index (χ1) is 10.9. The van der Waals surface area contributed by atoms with Gasteiger partial charge < -0.3 is 10.1 Å². The van der Waals surface area contributed by atoms with Crippen LogP contribution in [-0.4, -0.2) is 27.2 Å². The Hall–Kier alpha value is -2.90. The van der Waals surface area contributed by atoms with Crippen LogP contribution in [0.5, 0.6) is 5.75 Å². The summed E-state index contributed by atoms with van der Waals surface area (Å²) < 4.78 is 6.80. The number of rotatable bonds is 6. The van der Waals surface area contributed by atoms with Gasteiger partial charge in [-0.1, -0.05) is 0 Å². The van der Waals surface area contributed by atoms with Gasteiger partial charge >= 0.3 is 0 Å². The van der Waals surface area contributed by atoms with Crippen molar-refractivity contribution in [2.45, 2.75) is 26.8 Å². The lowest BCUT2D eigenvalue weighted by Gasteiger charge is -2.15. The van der Waals surface area contributed by atoms with E-state index in [9.17, 15) is 14.9 Å². The molecule has 0 bridgehead atoms. The molecule has 0 spiro atoms. The predicted molar refractivity (Wildman–Crippen MR) is 84.6 cm³/mol. The maximum absolute atomic E-state index is 12.3. The number of hydrogen-bond donors (Lipinski definition) is 1. The Kier molecular flexibility index (Phi) is 4.95. The first-order valence-corrected chi connectivity index (χ1v) is 7.16. The van der Waals surface area contributed by atoms with E-state index < -0.39 is 11.0 Å². The van der Waals surface area contributed by atoms with Crippen LogP contribution in [0.25, 0.3) is 0 Å². The minimum atomic E-state index is -0.587. The van der Waals surface area contributed by atoms with E-state index in [0.717, 1.165) is 5.69 Å². The van der Waals surface area contributed by atoms with E-state index in [1.807, 2.05) is 6.92 Å². The number of nitrogens with zero attached hydrogens (tertiary/aromatic N) is 3. The van der Waals surface area contributed by atoms with E-state index in [-0.39, 0.29) is 17.3 Å². The molecule has 8 nitrogen and oxygen atoms in total. The Labute approximate surface area is 133 Å². The van der Waals surface area contributed by atoms with Crippen molar-refractivity contribution >= 4 is 17.3 Å². The number of hydrogen-bond acceptors (Lipinski definition) is 5. The molecule has 1 N–H and O–H groups in total. The molecule has 1 amide bonds. The van der Waals surface area contributed by atoms with Gasteiger partial charge in [0.1, 0.15) is 17.5 Å². The normalized spacial score (nSPS) is 11.8. The highest BCUT2D eigenvalue weighted by molar-refractivity contribution is 5.95. The van der Waals surface area contributed by atoms with Crippen LogP contribution in [0.15, 0.2) is 30.5 Å². The number of benzene rings is 1. The van der Waals surface area contributed by atoms with Gasteiger partial charge in [0.2, 0.25) is 5.91 Å². The standard InChI is InChI=1S/C15H18N4O4/c1-4-23-12-5-6-13(14(9-12)19(21)22)17-15(20)11(3)18-10(2)7-8-16-18/h5-9,11H,4H2,1-3H3,(H,17,20). The zero-order valence-corrected chi connectivity index (χ0v) is 13.1. The van der Waals surface area contributed by atoms with Crippen molar-refractivity contribution in [2.75, 3.05) is 11.9 Å². The zero-order valence-electron chi connectivity index (χ0n) is 13.1. The molecule has 0 aliphatic rings. The third-order valence-electron chi connectivity index (χ3n) is 3.35. The molecule has 1 unspecified atom stereocenters. The summed E-state index contributed by atoms with van der Waals surface area (Å²) in [5, 5.41) is 17.8. The molecule has 2 rings (SSSR count). The van der Waals surface area contributed by atoms with Gasteiger partial charge in [0, 0.05) is 11.9 Å². The number of aromatic nitrogens is 2. The van der Waals surface area contributed by atoms with Gasteiger partial charge in [-0.05, 0) is 39.0 Å². The Bertz CT molecular complexity index is 726. The zero-order chi connectivity index (χ0) is 17.0. The van der Waals surface area contributed by atoms with Crippen LogP contribution in [0.1, 0.15) is 25.6 Å². The monoisotopic (exact) mass is 318 g/mol. The third-order valence-corrected chi connectivity index (χ3v) is 3.35. The van der Waals surface area contributed by atoms with Gasteiger partial charge in [0.15, 0.2) is 0 Å². The van der Waals surface area contributed by atoms with Crippen molar-refractivity contribution in [3.05, 3.63) is 46.3 Å². The van der Waals surface area contributed by atoms with Crippen molar-refractivity contribution in [1.82, 2.24) is 9.78 Å². The molecule has 122 valence electrons. The summed E-state index contributed by atoms with van der Waals surface area (Å²) in [7, 11) is 0. The summed E-state index contributed by atoms with van der Waals surface area (Å²) in [5.74, 6) is -0.00257. The van der Waals surface area contributed by atoms with Crippen LogP contribution in [0, 0.1) is 17.0 Å². The quantitative estimate of drug-likeness (QED) is 0.652. The molecule has 0 saturated carbocycles. The van der Waals surface area contributed by atoms with Crippen LogP contribution in [-0.2, 0) is 4.79 Å². The molecule has 1 aromatic heterocycles. The Morgan fingerprint density at radius 1 is 1.48 bits per heavy atom. The molecule has 1 aromatic carbocycles. The molecule has 1 heterocycles. The van der Waals surface area contributed by atoms with E-state index in [0.29, 0.717) is 12.4 Å². The molecule has 0 aliphatic heterocycles. The van der Waals surface area contributed by atoms with E-state index in [1.165, 1.54) is 12.1 Å². The highest BCUT2D eigenvalue weighted by Crippen LogP contribution is 2.29. The van der Waals surface area contributed by atoms with E-state index in [1.54, 1.807) is 36.9 Å².